The minimum absolute atomic E-state index is 0.297. The number of amidine groups is 1. The van der Waals surface area contributed by atoms with Gasteiger partial charge in [0.25, 0.3) is 0 Å². The molecule has 86 valence electrons. The molecule has 1 aromatic rings. The number of aliphatic imine (C=N–C) groups is 1. The minimum atomic E-state index is 0.297. The van der Waals surface area contributed by atoms with Gasteiger partial charge < -0.3 is 10.0 Å². The third-order valence-electron chi connectivity index (χ3n) is 3.19. The van der Waals surface area contributed by atoms with Crippen molar-refractivity contribution in [1.29, 1.82) is 0 Å². The standard InChI is InChI=1S/C14H14N2O/c1-10-15-8-13-6-5-12(9-16(10)13)11-3-2-4-14(17)7-11/h2-7,9,13,17H,8H2,1H3. The van der Waals surface area contributed by atoms with Crippen LogP contribution in [-0.4, -0.2) is 28.4 Å². The Bertz CT molecular complexity index is 543. The van der Waals surface area contributed by atoms with E-state index in [0.717, 1.165) is 23.5 Å². The van der Waals surface area contributed by atoms with Crippen molar-refractivity contribution in [3.63, 3.8) is 0 Å². The minimum Gasteiger partial charge on any atom is -0.508 e. The van der Waals surface area contributed by atoms with Gasteiger partial charge in [0.1, 0.15) is 11.6 Å². The lowest BCUT2D eigenvalue weighted by molar-refractivity contribution is 0.475. The van der Waals surface area contributed by atoms with Gasteiger partial charge in [-0.25, -0.2) is 0 Å². The first kappa shape index (κ1) is 10.1. The molecule has 3 heteroatoms. The van der Waals surface area contributed by atoms with Gasteiger partial charge in [-0.15, -0.1) is 0 Å². The molecule has 0 bridgehead atoms. The summed E-state index contributed by atoms with van der Waals surface area (Å²) in [6, 6.07) is 7.69. The molecule has 1 unspecified atom stereocenters. The average molecular weight is 226 g/mol. The largest absolute Gasteiger partial charge is 0.508 e. The van der Waals surface area contributed by atoms with Gasteiger partial charge in [-0.1, -0.05) is 24.3 Å². The van der Waals surface area contributed by atoms with E-state index in [9.17, 15) is 5.11 Å². The fourth-order valence-electron chi connectivity index (χ4n) is 2.24. The van der Waals surface area contributed by atoms with Gasteiger partial charge in [-0.05, 0) is 30.2 Å². The smallest absolute Gasteiger partial charge is 0.116 e. The van der Waals surface area contributed by atoms with E-state index in [1.54, 1.807) is 12.1 Å². The summed E-state index contributed by atoms with van der Waals surface area (Å²) >= 11 is 0. The second-order valence-electron chi connectivity index (χ2n) is 4.36. The molecule has 0 saturated carbocycles. The quantitative estimate of drug-likeness (QED) is 0.798. The van der Waals surface area contributed by atoms with Crippen LogP contribution < -0.4 is 0 Å². The lowest BCUT2D eigenvalue weighted by atomic mass is 10.0. The van der Waals surface area contributed by atoms with Crippen molar-refractivity contribution in [2.45, 2.75) is 13.0 Å². The molecule has 1 N–H and O–H groups in total. The number of hydrogen-bond donors (Lipinski definition) is 1. The van der Waals surface area contributed by atoms with Gasteiger partial charge in [0.2, 0.25) is 0 Å². The second kappa shape index (κ2) is 3.77. The van der Waals surface area contributed by atoms with Crippen LogP contribution in [0, 0.1) is 0 Å². The van der Waals surface area contributed by atoms with E-state index in [-0.39, 0.29) is 0 Å². The Hall–Kier alpha value is -2.03. The van der Waals surface area contributed by atoms with Gasteiger partial charge in [-0.2, -0.15) is 0 Å². The van der Waals surface area contributed by atoms with E-state index in [4.69, 9.17) is 0 Å². The third-order valence-corrected chi connectivity index (χ3v) is 3.19. The number of phenols is 1. The molecule has 17 heavy (non-hydrogen) atoms. The first-order chi connectivity index (χ1) is 8.24. The van der Waals surface area contributed by atoms with Gasteiger partial charge in [-0.3, -0.25) is 4.99 Å². The summed E-state index contributed by atoms with van der Waals surface area (Å²) < 4.78 is 0. The van der Waals surface area contributed by atoms with Crippen molar-refractivity contribution in [1.82, 2.24) is 4.90 Å². The van der Waals surface area contributed by atoms with Crippen molar-refractivity contribution in [3.8, 4) is 5.75 Å². The van der Waals surface area contributed by atoms with E-state index in [1.165, 1.54) is 0 Å². The summed E-state index contributed by atoms with van der Waals surface area (Å²) in [5.74, 6) is 1.35. The van der Waals surface area contributed by atoms with Crippen molar-refractivity contribution in [2.24, 2.45) is 4.99 Å². The topological polar surface area (TPSA) is 35.8 Å². The first-order valence-electron chi connectivity index (χ1n) is 5.73. The van der Waals surface area contributed by atoms with Crippen molar-refractivity contribution in [3.05, 3.63) is 48.2 Å². The summed E-state index contributed by atoms with van der Waals surface area (Å²) in [6.07, 6.45) is 6.37. The van der Waals surface area contributed by atoms with Gasteiger partial charge in [0, 0.05) is 6.20 Å². The van der Waals surface area contributed by atoms with Crippen molar-refractivity contribution < 1.29 is 5.11 Å². The number of rotatable bonds is 1. The highest BCUT2D eigenvalue weighted by atomic mass is 16.3. The molecule has 0 fully saturated rings. The Labute approximate surface area is 100 Å². The fourth-order valence-corrected chi connectivity index (χ4v) is 2.24. The predicted molar refractivity (Wildman–Crippen MR) is 68.8 cm³/mol. The molecule has 3 nitrogen and oxygen atoms in total. The van der Waals surface area contributed by atoms with E-state index in [2.05, 4.69) is 28.2 Å². The SMILES string of the molecule is CC1=NCC2C=CC(c3cccc(O)c3)=CN12. The molecule has 0 spiro atoms. The van der Waals surface area contributed by atoms with Crippen LogP contribution in [0.3, 0.4) is 0 Å². The summed E-state index contributed by atoms with van der Waals surface area (Å²) in [6.45, 7) is 2.86. The van der Waals surface area contributed by atoms with Crippen molar-refractivity contribution >= 4 is 11.4 Å². The number of hydrogen-bond acceptors (Lipinski definition) is 3. The van der Waals surface area contributed by atoms with E-state index in [0.29, 0.717) is 11.8 Å². The van der Waals surface area contributed by atoms with Gasteiger partial charge >= 0.3 is 0 Å². The molecule has 3 rings (SSSR count). The Kier molecular flexibility index (Phi) is 2.25. The lowest BCUT2D eigenvalue weighted by Gasteiger charge is -2.25. The van der Waals surface area contributed by atoms with Gasteiger partial charge in [0.05, 0.1) is 12.6 Å². The molecule has 0 amide bonds. The highest BCUT2D eigenvalue weighted by Gasteiger charge is 2.24. The van der Waals surface area contributed by atoms with Crippen LogP contribution in [0.15, 0.2) is 47.6 Å². The molecule has 2 aliphatic rings. The Morgan fingerprint density at radius 2 is 2.29 bits per heavy atom. The van der Waals surface area contributed by atoms with Crippen LogP contribution in [0.1, 0.15) is 12.5 Å². The van der Waals surface area contributed by atoms with Crippen LogP contribution in [0.5, 0.6) is 5.75 Å². The Morgan fingerprint density at radius 3 is 3.12 bits per heavy atom. The number of phenolic OH excluding ortho intramolecular Hbond substituents is 1. The number of nitrogens with zero attached hydrogens (tertiary/aromatic N) is 2. The second-order valence-corrected chi connectivity index (χ2v) is 4.36. The number of allylic oxidation sites excluding steroid dienone is 2. The van der Waals surface area contributed by atoms with Crippen LogP contribution in [0.25, 0.3) is 5.57 Å². The molecule has 1 atom stereocenters. The maximum atomic E-state index is 9.49. The Balaban J connectivity index is 1.97. The number of fused-ring (bicyclic) bond motifs is 1. The van der Waals surface area contributed by atoms with E-state index in [1.807, 2.05) is 19.1 Å². The molecule has 0 aliphatic carbocycles. The maximum absolute atomic E-state index is 9.49. The van der Waals surface area contributed by atoms with Crippen LogP contribution in [0.4, 0.5) is 0 Å². The third kappa shape index (κ3) is 1.73. The zero-order valence-electron chi connectivity index (χ0n) is 9.67. The zero-order chi connectivity index (χ0) is 11.8. The molecule has 0 aromatic heterocycles. The molecule has 0 radical (unpaired) electrons. The highest BCUT2D eigenvalue weighted by Crippen LogP contribution is 2.27. The average Bonchev–Trinajstić information content (AvgIpc) is 2.71. The predicted octanol–water partition coefficient (Wildman–Crippen LogP) is 2.41. The van der Waals surface area contributed by atoms with Crippen LogP contribution >= 0.6 is 0 Å². The summed E-state index contributed by atoms with van der Waals surface area (Å²) in [5.41, 5.74) is 2.13. The normalized spacial score (nSPS) is 22.2. The number of aromatic hydroxyl groups is 1. The highest BCUT2D eigenvalue weighted by molar-refractivity contribution is 5.87. The summed E-state index contributed by atoms with van der Waals surface area (Å²) in [7, 11) is 0. The van der Waals surface area contributed by atoms with Crippen LogP contribution in [0.2, 0.25) is 0 Å². The van der Waals surface area contributed by atoms with Gasteiger partial charge in [0.15, 0.2) is 0 Å². The maximum Gasteiger partial charge on any atom is 0.116 e. The molecular weight excluding hydrogens is 212 g/mol. The monoisotopic (exact) mass is 226 g/mol. The first-order valence-corrected chi connectivity index (χ1v) is 5.73. The molecule has 2 aliphatic heterocycles. The zero-order valence-corrected chi connectivity index (χ0v) is 9.67. The molecular formula is C14H14N2O. The van der Waals surface area contributed by atoms with E-state index < -0.39 is 0 Å². The van der Waals surface area contributed by atoms with Crippen molar-refractivity contribution in [2.75, 3.05) is 6.54 Å². The number of benzene rings is 1. The molecule has 1 aromatic carbocycles. The molecule has 0 saturated heterocycles. The van der Waals surface area contributed by atoms with Crippen LogP contribution in [-0.2, 0) is 0 Å². The molecule has 2 heterocycles. The Morgan fingerprint density at radius 1 is 1.41 bits per heavy atom. The lowest BCUT2D eigenvalue weighted by Crippen LogP contribution is -2.30. The van der Waals surface area contributed by atoms with E-state index >= 15 is 0 Å². The fraction of sp³-hybridized carbons (Fsp3) is 0.214. The summed E-state index contributed by atoms with van der Waals surface area (Å²) in [5, 5.41) is 9.49. The summed E-state index contributed by atoms with van der Waals surface area (Å²) in [4.78, 5) is 6.60.